The van der Waals surface area contributed by atoms with E-state index in [9.17, 15) is 0 Å². The first-order chi connectivity index (χ1) is 7.76. The molecular weight excluding hydrogens is 200 g/mol. The molecule has 16 heavy (non-hydrogen) atoms. The molecule has 0 bridgehead atoms. The number of nitrogens with zero attached hydrogens (tertiary/aromatic N) is 1. The normalized spacial score (nSPS) is 13.3. The SMILES string of the molecule is CCCNCC(CCC)N(C)CCOCC. The lowest BCUT2D eigenvalue weighted by molar-refractivity contribution is 0.104. The minimum absolute atomic E-state index is 0.650. The number of hydrogen-bond acceptors (Lipinski definition) is 3. The molecule has 0 spiro atoms. The molecule has 1 N–H and O–H groups in total. The van der Waals surface area contributed by atoms with Crippen LogP contribution >= 0.6 is 0 Å². The Morgan fingerprint density at radius 3 is 2.50 bits per heavy atom. The van der Waals surface area contributed by atoms with Crippen molar-refractivity contribution in [2.75, 3.05) is 39.9 Å². The minimum atomic E-state index is 0.650. The summed E-state index contributed by atoms with van der Waals surface area (Å²) in [5.74, 6) is 0. The molecule has 0 aliphatic heterocycles. The highest BCUT2D eigenvalue weighted by Crippen LogP contribution is 2.04. The van der Waals surface area contributed by atoms with E-state index in [2.05, 4.69) is 31.1 Å². The first kappa shape index (κ1) is 15.9. The van der Waals surface area contributed by atoms with Gasteiger partial charge in [0.05, 0.1) is 6.61 Å². The molecule has 0 aromatic rings. The van der Waals surface area contributed by atoms with E-state index in [1.54, 1.807) is 0 Å². The Kier molecular flexibility index (Phi) is 11.3. The maximum atomic E-state index is 5.40. The topological polar surface area (TPSA) is 24.5 Å². The maximum absolute atomic E-state index is 5.40. The largest absolute Gasteiger partial charge is 0.380 e. The second-order valence-corrected chi connectivity index (χ2v) is 4.32. The standard InChI is InChI=1S/C13H30N2O/c1-5-8-13(12-14-9-6-2)15(4)10-11-16-7-3/h13-14H,5-12H2,1-4H3. The van der Waals surface area contributed by atoms with Crippen LogP contribution in [-0.4, -0.2) is 50.8 Å². The Balaban J connectivity index is 3.77. The van der Waals surface area contributed by atoms with Crippen LogP contribution in [0.25, 0.3) is 0 Å². The number of likely N-dealkylation sites (N-methyl/N-ethyl adjacent to an activating group) is 1. The lowest BCUT2D eigenvalue weighted by Gasteiger charge is -2.28. The molecule has 0 rings (SSSR count). The van der Waals surface area contributed by atoms with Crippen LogP contribution in [0.3, 0.4) is 0 Å². The molecule has 0 radical (unpaired) electrons. The highest BCUT2D eigenvalue weighted by atomic mass is 16.5. The van der Waals surface area contributed by atoms with E-state index in [0.29, 0.717) is 6.04 Å². The Morgan fingerprint density at radius 1 is 1.19 bits per heavy atom. The van der Waals surface area contributed by atoms with Gasteiger partial charge in [-0.25, -0.2) is 0 Å². The second-order valence-electron chi connectivity index (χ2n) is 4.32. The summed E-state index contributed by atoms with van der Waals surface area (Å²) in [6.45, 7) is 11.4. The lowest BCUT2D eigenvalue weighted by atomic mass is 10.1. The summed E-state index contributed by atoms with van der Waals surface area (Å²) in [5, 5.41) is 3.51. The molecule has 3 nitrogen and oxygen atoms in total. The van der Waals surface area contributed by atoms with Gasteiger partial charge in [-0.15, -0.1) is 0 Å². The van der Waals surface area contributed by atoms with Gasteiger partial charge in [0.2, 0.25) is 0 Å². The van der Waals surface area contributed by atoms with Crippen molar-refractivity contribution in [3.63, 3.8) is 0 Å². The predicted octanol–water partition coefficient (Wildman–Crippen LogP) is 2.12. The zero-order valence-corrected chi connectivity index (χ0v) is 11.6. The first-order valence-electron chi connectivity index (χ1n) is 6.74. The van der Waals surface area contributed by atoms with Crippen LogP contribution in [0.5, 0.6) is 0 Å². The number of nitrogens with one attached hydrogen (secondary N) is 1. The van der Waals surface area contributed by atoms with Gasteiger partial charge in [-0.05, 0) is 33.4 Å². The Bertz CT molecular complexity index is 142. The molecular formula is C13H30N2O. The molecule has 1 unspecified atom stereocenters. The van der Waals surface area contributed by atoms with Gasteiger partial charge in [-0.3, -0.25) is 4.90 Å². The average molecular weight is 230 g/mol. The van der Waals surface area contributed by atoms with Crippen LogP contribution < -0.4 is 5.32 Å². The van der Waals surface area contributed by atoms with Crippen molar-refractivity contribution < 1.29 is 4.74 Å². The first-order valence-corrected chi connectivity index (χ1v) is 6.74. The summed E-state index contributed by atoms with van der Waals surface area (Å²) >= 11 is 0. The smallest absolute Gasteiger partial charge is 0.0593 e. The van der Waals surface area contributed by atoms with Crippen LogP contribution in [0.2, 0.25) is 0 Å². The lowest BCUT2D eigenvalue weighted by Crippen LogP contribution is -2.41. The molecule has 0 fully saturated rings. The second kappa shape index (κ2) is 11.4. The maximum Gasteiger partial charge on any atom is 0.0593 e. The van der Waals surface area contributed by atoms with Crippen molar-refractivity contribution in [3.8, 4) is 0 Å². The Morgan fingerprint density at radius 2 is 1.94 bits per heavy atom. The van der Waals surface area contributed by atoms with Gasteiger partial charge in [-0.2, -0.15) is 0 Å². The van der Waals surface area contributed by atoms with Crippen LogP contribution in [-0.2, 0) is 4.74 Å². The van der Waals surface area contributed by atoms with Crippen LogP contribution in [0, 0.1) is 0 Å². The molecule has 0 saturated heterocycles. The molecule has 0 aliphatic rings. The summed E-state index contributed by atoms with van der Waals surface area (Å²) in [4.78, 5) is 2.42. The molecule has 98 valence electrons. The molecule has 0 heterocycles. The minimum Gasteiger partial charge on any atom is -0.380 e. The highest BCUT2D eigenvalue weighted by Gasteiger charge is 2.12. The van der Waals surface area contributed by atoms with Crippen LogP contribution in [0.4, 0.5) is 0 Å². The predicted molar refractivity (Wildman–Crippen MR) is 71.0 cm³/mol. The van der Waals surface area contributed by atoms with Gasteiger partial charge >= 0.3 is 0 Å². The van der Waals surface area contributed by atoms with E-state index in [1.807, 2.05) is 6.92 Å². The van der Waals surface area contributed by atoms with Crippen LogP contribution in [0.15, 0.2) is 0 Å². The monoisotopic (exact) mass is 230 g/mol. The van der Waals surface area contributed by atoms with Gasteiger partial charge < -0.3 is 10.1 Å². The fourth-order valence-corrected chi connectivity index (χ4v) is 1.79. The third-order valence-corrected chi connectivity index (χ3v) is 2.84. The molecule has 0 aromatic heterocycles. The molecule has 1 atom stereocenters. The fraction of sp³-hybridized carbons (Fsp3) is 1.00. The summed E-state index contributed by atoms with van der Waals surface area (Å²) < 4.78 is 5.40. The molecule has 0 aliphatic carbocycles. The van der Waals surface area contributed by atoms with Crippen LogP contribution in [0.1, 0.15) is 40.0 Å². The van der Waals surface area contributed by atoms with E-state index in [0.717, 1.165) is 32.8 Å². The van der Waals surface area contributed by atoms with Crippen molar-refractivity contribution in [3.05, 3.63) is 0 Å². The summed E-state index contributed by atoms with van der Waals surface area (Å²) in [6.07, 6.45) is 3.72. The Hall–Kier alpha value is -0.120. The highest BCUT2D eigenvalue weighted by molar-refractivity contribution is 4.71. The third kappa shape index (κ3) is 8.08. The molecule has 3 heteroatoms. The zero-order chi connectivity index (χ0) is 12.2. The van der Waals surface area contributed by atoms with Gasteiger partial charge in [-0.1, -0.05) is 20.3 Å². The van der Waals surface area contributed by atoms with E-state index >= 15 is 0 Å². The van der Waals surface area contributed by atoms with E-state index < -0.39 is 0 Å². The van der Waals surface area contributed by atoms with Gasteiger partial charge in [0, 0.05) is 25.7 Å². The average Bonchev–Trinajstić information content (AvgIpc) is 2.28. The van der Waals surface area contributed by atoms with Crippen molar-refractivity contribution in [1.29, 1.82) is 0 Å². The fourth-order valence-electron chi connectivity index (χ4n) is 1.79. The number of hydrogen-bond donors (Lipinski definition) is 1. The van der Waals surface area contributed by atoms with Gasteiger partial charge in [0.15, 0.2) is 0 Å². The third-order valence-electron chi connectivity index (χ3n) is 2.84. The van der Waals surface area contributed by atoms with E-state index in [1.165, 1.54) is 19.3 Å². The summed E-state index contributed by atoms with van der Waals surface area (Å²) in [5.41, 5.74) is 0. The number of rotatable bonds is 11. The van der Waals surface area contributed by atoms with Gasteiger partial charge in [0.1, 0.15) is 0 Å². The summed E-state index contributed by atoms with van der Waals surface area (Å²) in [7, 11) is 2.20. The van der Waals surface area contributed by atoms with Gasteiger partial charge in [0.25, 0.3) is 0 Å². The van der Waals surface area contributed by atoms with E-state index in [4.69, 9.17) is 4.74 Å². The summed E-state index contributed by atoms with van der Waals surface area (Å²) in [6, 6.07) is 0.650. The quantitative estimate of drug-likeness (QED) is 0.550. The van der Waals surface area contributed by atoms with Crippen molar-refractivity contribution in [2.24, 2.45) is 0 Å². The zero-order valence-electron chi connectivity index (χ0n) is 11.6. The van der Waals surface area contributed by atoms with Crippen molar-refractivity contribution >= 4 is 0 Å². The number of ether oxygens (including phenoxy) is 1. The molecule has 0 amide bonds. The molecule has 0 aromatic carbocycles. The Labute approximate surface area is 102 Å². The molecule has 0 saturated carbocycles. The van der Waals surface area contributed by atoms with Crippen molar-refractivity contribution in [2.45, 2.75) is 46.1 Å². The van der Waals surface area contributed by atoms with Crippen molar-refractivity contribution in [1.82, 2.24) is 10.2 Å². The van der Waals surface area contributed by atoms with E-state index in [-0.39, 0.29) is 0 Å².